The van der Waals surface area contributed by atoms with E-state index in [9.17, 15) is 15.0 Å². The van der Waals surface area contributed by atoms with Gasteiger partial charge in [-0.05, 0) is 37.5 Å². The molecule has 0 atom stereocenters. The lowest BCUT2D eigenvalue weighted by atomic mass is 9.87. The van der Waals surface area contributed by atoms with E-state index in [1.807, 2.05) is 0 Å². The third-order valence-corrected chi connectivity index (χ3v) is 3.51. The van der Waals surface area contributed by atoms with E-state index in [0.717, 1.165) is 12.8 Å². The van der Waals surface area contributed by atoms with Gasteiger partial charge in [-0.3, -0.25) is 0 Å². The number of carbonyl (C=O) groups excluding carboxylic acids is 1. The molecule has 1 saturated carbocycles. The van der Waals surface area contributed by atoms with Crippen LogP contribution in [0, 0.1) is 6.92 Å². The van der Waals surface area contributed by atoms with E-state index in [4.69, 9.17) is 0 Å². The highest BCUT2D eigenvalue weighted by molar-refractivity contribution is 5.50. The molecule has 0 spiro atoms. The summed E-state index contributed by atoms with van der Waals surface area (Å²) >= 11 is 0. The van der Waals surface area contributed by atoms with Gasteiger partial charge in [0.2, 0.25) is 6.08 Å². The highest BCUT2D eigenvalue weighted by Crippen LogP contribution is 2.46. The number of hydrogen-bond acceptors (Lipinski definition) is 4. The van der Waals surface area contributed by atoms with E-state index in [2.05, 4.69) is 4.99 Å². The first-order valence-corrected chi connectivity index (χ1v) is 5.71. The van der Waals surface area contributed by atoms with Gasteiger partial charge in [-0.2, -0.15) is 4.99 Å². The second-order valence-corrected chi connectivity index (χ2v) is 4.60. The fraction of sp³-hybridized carbons (Fsp3) is 0.462. The lowest BCUT2D eigenvalue weighted by Gasteiger charge is -2.24. The highest BCUT2D eigenvalue weighted by atomic mass is 16.3. The molecule has 0 heterocycles. The molecule has 0 aromatic heterocycles. The molecule has 0 amide bonds. The van der Waals surface area contributed by atoms with Crippen LogP contribution in [-0.2, 0) is 10.3 Å². The molecule has 0 radical (unpaired) electrons. The molecular weight excluding hydrogens is 218 g/mol. The number of aliphatic imine (C=N–C) groups is 1. The molecule has 1 aromatic rings. The highest BCUT2D eigenvalue weighted by Gasteiger charge is 2.38. The summed E-state index contributed by atoms with van der Waals surface area (Å²) in [5.74, 6) is 0.200. The first kappa shape index (κ1) is 11.7. The van der Waals surface area contributed by atoms with Gasteiger partial charge in [-0.1, -0.05) is 12.8 Å². The number of isocyanates is 1. The Labute approximate surface area is 99.6 Å². The largest absolute Gasteiger partial charge is 0.508 e. The van der Waals surface area contributed by atoms with E-state index in [0.29, 0.717) is 24.0 Å². The lowest BCUT2D eigenvalue weighted by Crippen LogP contribution is -2.19. The summed E-state index contributed by atoms with van der Waals surface area (Å²) in [5.41, 5.74) is 0.438. The number of nitrogens with zero attached hydrogens (tertiary/aromatic N) is 1. The van der Waals surface area contributed by atoms with Crippen molar-refractivity contribution in [2.45, 2.75) is 38.1 Å². The van der Waals surface area contributed by atoms with Crippen molar-refractivity contribution in [3.63, 3.8) is 0 Å². The summed E-state index contributed by atoms with van der Waals surface area (Å²) in [6.45, 7) is 1.71. The molecule has 1 aliphatic rings. The standard InChI is InChI=1S/C13H15NO3/c1-9-6-12(17)10(7-11(9)16)13(14-8-15)4-2-3-5-13/h6-7,16-17H,2-5H2,1H3. The molecule has 0 aliphatic heterocycles. The second-order valence-electron chi connectivity index (χ2n) is 4.60. The van der Waals surface area contributed by atoms with Crippen LogP contribution in [0.1, 0.15) is 36.8 Å². The third kappa shape index (κ3) is 1.92. The normalized spacial score (nSPS) is 17.7. The molecule has 1 fully saturated rings. The Bertz CT molecular complexity index is 484. The maximum Gasteiger partial charge on any atom is 0.235 e. The zero-order valence-electron chi connectivity index (χ0n) is 9.73. The van der Waals surface area contributed by atoms with E-state index in [1.165, 1.54) is 12.1 Å². The van der Waals surface area contributed by atoms with Crippen molar-refractivity contribution in [1.82, 2.24) is 0 Å². The van der Waals surface area contributed by atoms with Crippen LogP contribution in [0.15, 0.2) is 17.1 Å². The molecule has 1 aliphatic carbocycles. The van der Waals surface area contributed by atoms with Gasteiger partial charge in [0.05, 0.1) is 0 Å². The van der Waals surface area contributed by atoms with Crippen LogP contribution in [0.5, 0.6) is 11.5 Å². The monoisotopic (exact) mass is 233 g/mol. The van der Waals surface area contributed by atoms with Crippen molar-refractivity contribution in [1.29, 1.82) is 0 Å². The Morgan fingerprint density at radius 3 is 2.47 bits per heavy atom. The zero-order valence-corrected chi connectivity index (χ0v) is 9.73. The topological polar surface area (TPSA) is 69.9 Å². The minimum absolute atomic E-state index is 0.0844. The Morgan fingerprint density at radius 1 is 1.24 bits per heavy atom. The average molecular weight is 233 g/mol. The number of hydrogen-bond donors (Lipinski definition) is 2. The maximum absolute atomic E-state index is 10.6. The molecule has 2 N–H and O–H groups in total. The smallest absolute Gasteiger partial charge is 0.235 e. The summed E-state index contributed by atoms with van der Waals surface area (Å²) < 4.78 is 0. The van der Waals surface area contributed by atoms with Crippen LogP contribution < -0.4 is 0 Å². The lowest BCUT2D eigenvalue weighted by molar-refractivity contribution is 0.401. The van der Waals surface area contributed by atoms with E-state index in [1.54, 1.807) is 13.0 Å². The Kier molecular flexibility index (Phi) is 2.90. The quantitative estimate of drug-likeness (QED) is 0.468. The SMILES string of the molecule is Cc1cc(O)c(C2(N=C=O)CCCC2)cc1O. The van der Waals surface area contributed by atoms with Gasteiger partial charge in [-0.15, -0.1) is 0 Å². The van der Waals surface area contributed by atoms with Crippen LogP contribution in [0.4, 0.5) is 0 Å². The summed E-state index contributed by atoms with van der Waals surface area (Å²) in [6, 6.07) is 3.02. The van der Waals surface area contributed by atoms with Crippen LogP contribution in [-0.4, -0.2) is 16.3 Å². The van der Waals surface area contributed by atoms with Gasteiger partial charge in [0.25, 0.3) is 0 Å². The van der Waals surface area contributed by atoms with Crippen molar-refractivity contribution in [2.24, 2.45) is 4.99 Å². The van der Waals surface area contributed by atoms with Crippen molar-refractivity contribution < 1.29 is 15.0 Å². The van der Waals surface area contributed by atoms with Crippen LogP contribution >= 0.6 is 0 Å². The van der Waals surface area contributed by atoms with Gasteiger partial charge < -0.3 is 10.2 Å². The second kappa shape index (κ2) is 4.22. The molecule has 1 aromatic carbocycles. The van der Waals surface area contributed by atoms with E-state index < -0.39 is 5.54 Å². The molecule has 0 unspecified atom stereocenters. The number of phenolic OH excluding ortho intramolecular Hbond substituents is 2. The number of rotatable bonds is 2. The zero-order chi connectivity index (χ0) is 12.5. The van der Waals surface area contributed by atoms with Crippen LogP contribution in [0.25, 0.3) is 0 Å². The average Bonchev–Trinajstić information content (AvgIpc) is 2.73. The van der Waals surface area contributed by atoms with Crippen molar-refractivity contribution in [3.8, 4) is 11.5 Å². The van der Waals surface area contributed by atoms with Crippen LogP contribution in [0.2, 0.25) is 0 Å². The molecule has 4 heteroatoms. The molecule has 0 saturated heterocycles. The third-order valence-electron chi connectivity index (χ3n) is 3.51. The summed E-state index contributed by atoms with van der Waals surface area (Å²) in [7, 11) is 0. The van der Waals surface area contributed by atoms with Crippen LogP contribution in [0.3, 0.4) is 0 Å². The Morgan fingerprint density at radius 2 is 1.88 bits per heavy atom. The van der Waals surface area contributed by atoms with Gasteiger partial charge in [0, 0.05) is 5.56 Å². The predicted molar refractivity (Wildman–Crippen MR) is 62.8 cm³/mol. The van der Waals surface area contributed by atoms with Crippen molar-refractivity contribution in [2.75, 3.05) is 0 Å². The summed E-state index contributed by atoms with van der Waals surface area (Å²) in [6.07, 6.45) is 4.92. The first-order chi connectivity index (χ1) is 8.09. The molecule has 2 rings (SSSR count). The number of benzene rings is 1. The van der Waals surface area contributed by atoms with E-state index in [-0.39, 0.29) is 11.5 Å². The van der Waals surface area contributed by atoms with Crippen molar-refractivity contribution in [3.05, 3.63) is 23.3 Å². The van der Waals surface area contributed by atoms with Gasteiger partial charge >= 0.3 is 0 Å². The maximum atomic E-state index is 10.6. The minimum atomic E-state index is -0.697. The molecule has 17 heavy (non-hydrogen) atoms. The fourth-order valence-electron chi connectivity index (χ4n) is 2.54. The van der Waals surface area contributed by atoms with Gasteiger partial charge in [-0.25, -0.2) is 4.79 Å². The van der Waals surface area contributed by atoms with Crippen molar-refractivity contribution >= 4 is 6.08 Å². The van der Waals surface area contributed by atoms with Gasteiger partial charge in [0.15, 0.2) is 0 Å². The molecular formula is C13H15NO3. The Balaban J connectivity index is 2.57. The fourth-order valence-corrected chi connectivity index (χ4v) is 2.54. The molecule has 0 bridgehead atoms. The predicted octanol–water partition coefficient (Wildman–Crippen LogP) is 2.51. The first-order valence-electron chi connectivity index (χ1n) is 5.71. The minimum Gasteiger partial charge on any atom is -0.508 e. The Hall–Kier alpha value is -1.80. The number of phenols is 2. The number of aromatic hydroxyl groups is 2. The molecule has 90 valence electrons. The van der Waals surface area contributed by atoms with Gasteiger partial charge in [0.1, 0.15) is 17.0 Å². The number of aryl methyl sites for hydroxylation is 1. The van der Waals surface area contributed by atoms with E-state index >= 15 is 0 Å². The molecule has 4 nitrogen and oxygen atoms in total. The summed E-state index contributed by atoms with van der Waals surface area (Å²) in [5, 5.41) is 19.7. The summed E-state index contributed by atoms with van der Waals surface area (Å²) in [4.78, 5) is 14.4.